The van der Waals surface area contributed by atoms with Gasteiger partial charge in [-0.3, -0.25) is 9.59 Å². The number of carbonyl (C=O) groups excluding carboxylic acids is 2. The molecule has 26 heavy (non-hydrogen) atoms. The predicted molar refractivity (Wildman–Crippen MR) is 102 cm³/mol. The molecule has 0 fully saturated rings. The molecule has 0 amide bonds. The van der Waals surface area contributed by atoms with Gasteiger partial charge in [-0.15, -0.1) is 0 Å². The molecule has 0 saturated carbocycles. The number of benzene rings is 2. The van der Waals surface area contributed by atoms with Gasteiger partial charge in [-0.25, -0.2) is 0 Å². The summed E-state index contributed by atoms with van der Waals surface area (Å²) in [5.74, 6) is -0.376. The van der Waals surface area contributed by atoms with Crippen molar-refractivity contribution >= 4 is 12.1 Å². The fraction of sp³-hybridized carbons (Fsp3) is 0.364. The summed E-state index contributed by atoms with van der Waals surface area (Å²) in [7, 11) is 0. The minimum absolute atomic E-state index is 0.0606. The Morgan fingerprint density at radius 1 is 1.04 bits per heavy atom. The van der Waals surface area contributed by atoms with Gasteiger partial charge >= 0.3 is 0 Å². The van der Waals surface area contributed by atoms with Crippen molar-refractivity contribution in [3.8, 4) is 11.5 Å². The highest BCUT2D eigenvalue weighted by molar-refractivity contribution is 5.99. The van der Waals surface area contributed by atoms with Crippen molar-refractivity contribution in [1.29, 1.82) is 0 Å². The molecule has 4 heteroatoms. The summed E-state index contributed by atoms with van der Waals surface area (Å²) < 4.78 is 0. The van der Waals surface area contributed by atoms with E-state index < -0.39 is 5.41 Å². The number of phenolic OH excluding ortho intramolecular Hbond substituents is 2. The maximum atomic E-state index is 12.7. The molecular formula is C22H26O4. The van der Waals surface area contributed by atoms with Gasteiger partial charge in [-0.1, -0.05) is 52.8 Å². The summed E-state index contributed by atoms with van der Waals surface area (Å²) in [6, 6.07) is 9.96. The molecule has 2 rings (SSSR count). The average Bonchev–Trinajstić information content (AvgIpc) is 2.53. The summed E-state index contributed by atoms with van der Waals surface area (Å²) in [6.07, 6.45) is 0.721. The van der Waals surface area contributed by atoms with E-state index in [1.807, 2.05) is 40.7 Å². The van der Waals surface area contributed by atoms with Gasteiger partial charge in [0.1, 0.15) is 11.5 Å². The number of Topliss-reactive ketones (excluding diaryl/α,β-unsaturated/α-hetero) is 1. The van der Waals surface area contributed by atoms with Gasteiger partial charge in [0.2, 0.25) is 0 Å². The Labute approximate surface area is 154 Å². The molecule has 2 N–H and O–H groups in total. The molecule has 0 heterocycles. The highest BCUT2D eigenvalue weighted by atomic mass is 16.3. The van der Waals surface area contributed by atoms with Gasteiger partial charge in [0.05, 0.1) is 11.1 Å². The second-order valence-electron chi connectivity index (χ2n) is 8.33. The van der Waals surface area contributed by atoms with Crippen LogP contribution in [0.3, 0.4) is 0 Å². The lowest BCUT2D eigenvalue weighted by atomic mass is 9.75. The molecule has 4 nitrogen and oxygen atoms in total. The van der Waals surface area contributed by atoms with E-state index in [0.29, 0.717) is 11.8 Å². The standard InChI is InChI=1S/C22H26O4/c1-21(2,3)15-10-14(13-23)20(26)17(11-15)22(4,5)12-19(25)16-8-6-7-9-18(16)24/h6-11,13,24,26H,12H2,1-5H3. The van der Waals surface area contributed by atoms with E-state index in [1.165, 1.54) is 6.07 Å². The Balaban J connectivity index is 2.49. The molecule has 0 radical (unpaired) electrons. The number of aldehydes is 1. The molecule has 138 valence electrons. The van der Waals surface area contributed by atoms with Crippen LogP contribution in [-0.2, 0) is 10.8 Å². The fourth-order valence-corrected chi connectivity index (χ4v) is 3.00. The van der Waals surface area contributed by atoms with E-state index in [-0.39, 0.29) is 40.2 Å². The van der Waals surface area contributed by atoms with Crippen LogP contribution in [-0.4, -0.2) is 22.3 Å². The van der Waals surface area contributed by atoms with E-state index in [1.54, 1.807) is 24.3 Å². The Bertz CT molecular complexity index is 842. The van der Waals surface area contributed by atoms with Crippen LogP contribution >= 0.6 is 0 Å². The molecule has 0 aliphatic rings. The third kappa shape index (κ3) is 3.96. The predicted octanol–water partition coefficient (Wildman–Crippen LogP) is 4.76. The first kappa shape index (κ1) is 19.7. The molecule has 0 saturated heterocycles. The minimum Gasteiger partial charge on any atom is -0.507 e. The summed E-state index contributed by atoms with van der Waals surface area (Å²) in [4.78, 5) is 24.1. The Morgan fingerprint density at radius 2 is 1.65 bits per heavy atom. The van der Waals surface area contributed by atoms with Crippen LogP contribution in [0.5, 0.6) is 11.5 Å². The van der Waals surface area contributed by atoms with Crippen LogP contribution in [0, 0.1) is 0 Å². The Hall–Kier alpha value is -2.62. The molecule has 0 bridgehead atoms. The van der Waals surface area contributed by atoms with Crippen LogP contribution in [0.4, 0.5) is 0 Å². The van der Waals surface area contributed by atoms with Gasteiger partial charge in [-0.05, 0) is 29.2 Å². The maximum absolute atomic E-state index is 12.7. The van der Waals surface area contributed by atoms with Crippen LogP contribution < -0.4 is 0 Å². The van der Waals surface area contributed by atoms with E-state index in [9.17, 15) is 19.8 Å². The average molecular weight is 354 g/mol. The van der Waals surface area contributed by atoms with Gasteiger partial charge in [0, 0.05) is 17.4 Å². The smallest absolute Gasteiger partial charge is 0.167 e. The van der Waals surface area contributed by atoms with E-state index >= 15 is 0 Å². The number of para-hydroxylation sites is 1. The van der Waals surface area contributed by atoms with Gasteiger partial charge in [-0.2, -0.15) is 0 Å². The molecule has 0 spiro atoms. The molecular weight excluding hydrogens is 328 g/mol. The zero-order valence-electron chi connectivity index (χ0n) is 16.0. The number of phenols is 2. The Morgan fingerprint density at radius 3 is 2.19 bits per heavy atom. The molecule has 0 aliphatic carbocycles. The number of rotatable bonds is 5. The lowest BCUT2D eigenvalue weighted by molar-refractivity contribution is 0.0955. The quantitative estimate of drug-likeness (QED) is 0.600. The normalized spacial score (nSPS) is 12.0. The van der Waals surface area contributed by atoms with Crippen LogP contribution in [0.25, 0.3) is 0 Å². The van der Waals surface area contributed by atoms with Crippen molar-refractivity contribution in [2.75, 3.05) is 0 Å². The lowest BCUT2D eigenvalue weighted by Crippen LogP contribution is -2.24. The molecule has 2 aromatic carbocycles. The number of ketones is 1. The summed E-state index contributed by atoms with van der Waals surface area (Å²) >= 11 is 0. The van der Waals surface area contributed by atoms with Crippen molar-refractivity contribution in [3.05, 3.63) is 58.7 Å². The number of hydrogen-bond donors (Lipinski definition) is 2. The molecule has 0 unspecified atom stereocenters. The second-order valence-corrected chi connectivity index (χ2v) is 8.33. The largest absolute Gasteiger partial charge is 0.507 e. The Kier molecular flexibility index (Phi) is 5.26. The third-order valence-corrected chi connectivity index (χ3v) is 4.67. The molecule has 0 atom stereocenters. The number of carbonyl (C=O) groups is 2. The SMILES string of the molecule is CC(C)(C)c1cc(C=O)c(O)c(C(C)(C)CC(=O)c2ccccc2O)c1. The van der Waals surface area contributed by atoms with Gasteiger partial charge < -0.3 is 10.2 Å². The van der Waals surface area contributed by atoms with Crippen LogP contribution in [0.2, 0.25) is 0 Å². The highest BCUT2D eigenvalue weighted by Gasteiger charge is 2.31. The van der Waals surface area contributed by atoms with Crippen molar-refractivity contribution in [3.63, 3.8) is 0 Å². The van der Waals surface area contributed by atoms with E-state index in [0.717, 1.165) is 5.56 Å². The number of hydrogen-bond acceptors (Lipinski definition) is 4. The lowest BCUT2D eigenvalue weighted by Gasteiger charge is -2.29. The van der Waals surface area contributed by atoms with Crippen molar-refractivity contribution in [1.82, 2.24) is 0 Å². The van der Waals surface area contributed by atoms with Crippen LogP contribution in [0.15, 0.2) is 36.4 Å². The molecule has 0 aliphatic heterocycles. The summed E-state index contributed by atoms with van der Waals surface area (Å²) in [5, 5.41) is 20.5. The molecule has 0 aromatic heterocycles. The van der Waals surface area contributed by atoms with Crippen molar-refractivity contribution in [2.24, 2.45) is 0 Å². The van der Waals surface area contributed by atoms with Crippen molar-refractivity contribution in [2.45, 2.75) is 51.9 Å². The zero-order chi connectivity index (χ0) is 19.7. The van der Waals surface area contributed by atoms with Gasteiger partial charge in [0.15, 0.2) is 12.1 Å². The zero-order valence-corrected chi connectivity index (χ0v) is 16.0. The van der Waals surface area contributed by atoms with Crippen LogP contribution in [0.1, 0.15) is 72.9 Å². The van der Waals surface area contributed by atoms with Gasteiger partial charge in [0.25, 0.3) is 0 Å². The highest BCUT2D eigenvalue weighted by Crippen LogP contribution is 2.40. The monoisotopic (exact) mass is 354 g/mol. The van der Waals surface area contributed by atoms with E-state index in [2.05, 4.69) is 0 Å². The minimum atomic E-state index is -0.720. The fourth-order valence-electron chi connectivity index (χ4n) is 3.00. The molecule has 2 aromatic rings. The van der Waals surface area contributed by atoms with Crippen molar-refractivity contribution < 1.29 is 19.8 Å². The first-order valence-electron chi connectivity index (χ1n) is 8.61. The number of aromatic hydroxyl groups is 2. The third-order valence-electron chi connectivity index (χ3n) is 4.67. The summed E-state index contributed by atoms with van der Waals surface area (Å²) in [6.45, 7) is 9.77. The topological polar surface area (TPSA) is 74.6 Å². The summed E-state index contributed by atoms with van der Waals surface area (Å²) in [5.41, 5.74) is 1.00. The van der Waals surface area contributed by atoms with E-state index in [4.69, 9.17) is 0 Å². The first-order valence-corrected chi connectivity index (χ1v) is 8.61. The maximum Gasteiger partial charge on any atom is 0.167 e. The second kappa shape index (κ2) is 6.94. The first-order chi connectivity index (χ1) is 12.0.